The molecule has 1 aliphatic rings. The molecule has 1 aliphatic heterocycles. The maximum Gasteiger partial charge on any atom is 0.311 e. The average Bonchev–Trinajstić information content (AvgIpc) is 3.33. The number of nitro benzene ring substituents is 1. The SMILES string of the molecule is COc1ccc(-c2ccc(/C=C3/C(=O)N(c4cccc(Br)c4)N=C3C)o2)cc1[N+](=O)[O-]. The van der Waals surface area contributed by atoms with Crippen molar-refractivity contribution in [1.29, 1.82) is 0 Å². The summed E-state index contributed by atoms with van der Waals surface area (Å²) in [4.78, 5) is 23.7. The number of nitro groups is 1. The van der Waals surface area contributed by atoms with Gasteiger partial charge in [0.2, 0.25) is 0 Å². The molecule has 0 N–H and O–H groups in total. The summed E-state index contributed by atoms with van der Waals surface area (Å²) in [5, 5.41) is 17.0. The zero-order valence-electron chi connectivity index (χ0n) is 16.5. The summed E-state index contributed by atoms with van der Waals surface area (Å²) in [5.74, 6) is 0.760. The third kappa shape index (κ3) is 3.99. The summed E-state index contributed by atoms with van der Waals surface area (Å²) >= 11 is 3.40. The molecule has 156 valence electrons. The summed E-state index contributed by atoms with van der Waals surface area (Å²) in [7, 11) is 1.37. The molecule has 2 heterocycles. The first-order chi connectivity index (χ1) is 14.9. The number of benzene rings is 2. The number of hydrogen-bond donors (Lipinski definition) is 0. The largest absolute Gasteiger partial charge is 0.490 e. The van der Waals surface area contributed by atoms with E-state index in [1.165, 1.54) is 24.3 Å². The molecule has 31 heavy (non-hydrogen) atoms. The van der Waals surface area contributed by atoms with Crippen LogP contribution in [0.2, 0.25) is 0 Å². The fourth-order valence-corrected chi connectivity index (χ4v) is 3.57. The Labute approximate surface area is 185 Å². The maximum absolute atomic E-state index is 12.9. The van der Waals surface area contributed by atoms with Gasteiger partial charge in [-0.05, 0) is 55.5 Å². The molecule has 3 aromatic rings. The fraction of sp³-hybridized carbons (Fsp3) is 0.0909. The Hall–Kier alpha value is -3.72. The Morgan fingerprint density at radius 1 is 1.19 bits per heavy atom. The number of halogens is 1. The summed E-state index contributed by atoms with van der Waals surface area (Å²) in [6.07, 6.45) is 1.61. The molecule has 0 bridgehead atoms. The minimum Gasteiger partial charge on any atom is -0.490 e. The lowest BCUT2D eigenvalue weighted by Gasteiger charge is -2.11. The van der Waals surface area contributed by atoms with Crippen LogP contribution in [0.4, 0.5) is 11.4 Å². The van der Waals surface area contributed by atoms with Crippen LogP contribution in [0.3, 0.4) is 0 Å². The van der Waals surface area contributed by atoms with E-state index in [4.69, 9.17) is 9.15 Å². The van der Waals surface area contributed by atoms with E-state index in [2.05, 4.69) is 21.0 Å². The Balaban J connectivity index is 1.63. The second kappa shape index (κ2) is 8.19. The van der Waals surface area contributed by atoms with E-state index in [-0.39, 0.29) is 17.3 Å². The molecule has 0 spiro atoms. The number of hydrazone groups is 1. The Kier molecular flexibility index (Phi) is 5.43. The van der Waals surface area contributed by atoms with Crippen LogP contribution in [-0.2, 0) is 4.79 Å². The monoisotopic (exact) mass is 481 g/mol. The predicted molar refractivity (Wildman–Crippen MR) is 120 cm³/mol. The number of methoxy groups -OCH3 is 1. The number of nitrogens with zero attached hydrogens (tertiary/aromatic N) is 3. The van der Waals surface area contributed by atoms with Gasteiger partial charge in [0.05, 0.1) is 29.0 Å². The van der Waals surface area contributed by atoms with E-state index in [9.17, 15) is 14.9 Å². The molecule has 0 saturated carbocycles. The van der Waals surface area contributed by atoms with Crippen molar-refractivity contribution in [2.75, 3.05) is 12.1 Å². The van der Waals surface area contributed by atoms with Crippen LogP contribution >= 0.6 is 15.9 Å². The van der Waals surface area contributed by atoms with Gasteiger partial charge in [-0.1, -0.05) is 22.0 Å². The standard InChI is InChI=1S/C22H16BrN3O5/c1-13-18(22(27)25(24-13)16-5-3-4-15(23)11-16)12-17-7-9-20(31-17)14-6-8-21(30-2)19(10-14)26(28)29/h3-12H,1-2H3/b18-12+. The lowest BCUT2D eigenvalue weighted by molar-refractivity contribution is -0.385. The normalized spacial score (nSPS) is 14.8. The van der Waals surface area contributed by atoms with Crippen LogP contribution in [0.15, 0.2) is 74.2 Å². The first-order valence-electron chi connectivity index (χ1n) is 9.17. The third-order valence-electron chi connectivity index (χ3n) is 4.69. The van der Waals surface area contributed by atoms with Crippen LogP contribution in [0, 0.1) is 10.1 Å². The van der Waals surface area contributed by atoms with Gasteiger partial charge in [-0.2, -0.15) is 10.1 Å². The van der Waals surface area contributed by atoms with Crippen LogP contribution in [-0.4, -0.2) is 23.7 Å². The van der Waals surface area contributed by atoms with Gasteiger partial charge in [-0.25, -0.2) is 0 Å². The lowest BCUT2D eigenvalue weighted by Crippen LogP contribution is -2.21. The van der Waals surface area contributed by atoms with E-state index >= 15 is 0 Å². The number of ether oxygens (including phenoxy) is 1. The van der Waals surface area contributed by atoms with Gasteiger partial charge in [-0.15, -0.1) is 0 Å². The van der Waals surface area contributed by atoms with Crippen molar-refractivity contribution in [3.05, 3.63) is 80.5 Å². The van der Waals surface area contributed by atoms with Crippen LogP contribution in [0.5, 0.6) is 5.75 Å². The average molecular weight is 482 g/mol. The van der Waals surface area contributed by atoms with Gasteiger partial charge >= 0.3 is 5.69 Å². The Morgan fingerprint density at radius 2 is 2.00 bits per heavy atom. The van der Waals surface area contributed by atoms with Crippen LogP contribution < -0.4 is 9.75 Å². The zero-order valence-corrected chi connectivity index (χ0v) is 18.1. The molecular formula is C22H16BrN3O5. The number of carbonyl (C=O) groups is 1. The number of furan rings is 1. The molecule has 9 heteroatoms. The number of anilines is 1. The van der Waals surface area contributed by atoms with Crippen molar-refractivity contribution in [3.8, 4) is 17.1 Å². The van der Waals surface area contributed by atoms with Crippen LogP contribution in [0.1, 0.15) is 12.7 Å². The van der Waals surface area contributed by atoms with Crippen molar-refractivity contribution < 1.29 is 18.9 Å². The number of carbonyl (C=O) groups excluding carboxylic acids is 1. The molecule has 2 aromatic carbocycles. The van der Waals surface area contributed by atoms with Crippen LogP contribution in [0.25, 0.3) is 17.4 Å². The predicted octanol–water partition coefficient (Wildman–Crippen LogP) is 5.43. The van der Waals surface area contributed by atoms with Gasteiger partial charge < -0.3 is 9.15 Å². The zero-order chi connectivity index (χ0) is 22.1. The second-order valence-corrected chi connectivity index (χ2v) is 7.60. The Bertz CT molecular complexity index is 1260. The number of rotatable bonds is 5. The second-order valence-electron chi connectivity index (χ2n) is 6.69. The number of amides is 1. The minimum atomic E-state index is -0.512. The topological polar surface area (TPSA) is 98.2 Å². The molecule has 0 aliphatic carbocycles. The van der Waals surface area contributed by atoms with E-state index < -0.39 is 4.92 Å². The van der Waals surface area contributed by atoms with Gasteiger partial charge in [0.25, 0.3) is 5.91 Å². The fourth-order valence-electron chi connectivity index (χ4n) is 3.18. The molecule has 1 amide bonds. The highest BCUT2D eigenvalue weighted by Gasteiger charge is 2.29. The first kappa shape index (κ1) is 20.5. The van der Waals surface area contributed by atoms with Gasteiger partial charge in [0.15, 0.2) is 5.75 Å². The van der Waals surface area contributed by atoms with E-state index in [0.29, 0.717) is 34.1 Å². The van der Waals surface area contributed by atoms with Gasteiger partial charge in [0.1, 0.15) is 11.5 Å². The quantitative estimate of drug-likeness (QED) is 0.274. The third-order valence-corrected chi connectivity index (χ3v) is 5.18. The molecule has 8 nitrogen and oxygen atoms in total. The van der Waals surface area contributed by atoms with E-state index in [1.54, 1.807) is 43.3 Å². The smallest absolute Gasteiger partial charge is 0.311 e. The van der Waals surface area contributed by atoms with Crippen molar-refractivity contribution in [2.24, 2.45) is 5.10 Å². The lowest BCUT2D eigenvalue weighted by atomic mass is 10.1. The highest BCUT2D eigenvalue weighted by Crippen LogP contribution is 2.34. The first-order valence-corrected chi connectivity index (χ1v) is 9.96. The summed E-state index contributed by atoms with van der Waals surface area (Å²) in [6, 6.07) is 15.2. The maximum atomic E-state index is 12.9. The highest BCUT2D eigenvalue weighted by molar-refractivity contribution is 9.10. The molecule has 0 unspecified atom stereocenters. The molecular weight excluding hydrogens is 466 g/mol. The van der Waals surface area contributed by atoms with Gasteiger partial charge in [-0.3, -0.25) is 14.9 Å². The minimum absolute atomic E-state index is 0.157. The molecule has 0 atom stereocenters. The highest BCUT2D eigenvalue weighted by atomic mass is 79.9. The van der Waals surface area contributed by atoms with E-state index in [0.717, 1.165) is 4.47 Å². The molecule has 4 rings (SSSR count). The number of hydrogen-bond acceptors (Lipinski definition) is 6. The van der Waals surface area contributed by atoms with Crippen molar-refractivity contribution in [3.63, 3.8) is 0 Å². The molecule has 0 saturated heterocycles. The summed E-state index contributed by atoms with van der Waals surface area (Å²) < 4.78 is 11.7. The van der Waals surface area contributed by atoms with Crippen molar-refractivity contribution in [2.45, 2.75) is 6.92 Å². The molecule has 0 radical (unpaired) electrons. The van der Waals surface area contributed by atoms with Crippen molar-refractivity contribution in [1.82, 2.24) is 0 Å². The summed E-state index contributed by atoms with van der Waals surface area (Å²) in [6.45, 7) is 1.75. The molecule has 0 fully saturated rings. The van der Waals surface area contributed by atoms with E-state index in [1.807, 2.05) is 12.1 Å². The van der Waals surface area contributed by atoms with Gasteiger partial charge in [0, 0.05) is 16.1 Å². The van der Waals surface area contributed by atoms with Crippen molar-refractivity contribution >= 4 is 45.0 Å². The summed E-state index contributed by atoms with van der Waals surface area (Å²) in [5.41, 5.74) is 1.98. The Morgan fingerprint density at radius 3 is 2.71 bits per heavy atom. The molecule has 1 aromatic heterocycles.